The third kappa shape index (κ3) is 2.20. The van der Waals surface area contributed by atoms with Crippen LogP contribution in [0.1, 0.15) is 5.56 Å². The molecule has 5 heteroatoms. The number of aromatic nitrogens is 2. The smallest absolute Gasteiger partial charge is 0.240 e. The van der Waals surface area contributed by atoms with E-state index in [0.29, 0.717) is 5.88 Å². The molecule has 3 rings (SSSR count). The Morgan fingerprint density at radius 2 is 2.17 bits per heavy atom. The maximum absolute atomic E-state index is 5.84. The summed E-state index contributed by atoms with van der Waals surface area (Å²) in [5.41, 5.74) is 2.13. The molecular weight excluding hydrogens is 359 g/mol. The number of hydrogen-bond donors (Lipinski definition) is 0. The number of aryl methyl sites for hydroxylation is 1. The Bertz CT molecular complexity index is 711. The topological polar surface area (TPSA) is 35.0 Å². The predicted octanol–water partition coefficient (Wildman–Crippen LogP) is 4.40. The first-order valence-corrected chi connectivity index (χ1v) is 7.32. The number of nitrogens with zero attached hydrogens (tertiary/aromatic N) is 2. The lowest BCUT2D eigenvalue weighted by atomic mass is 10.3. The van der Waals surface area contributed by atoms with Gasteiger partial charge in [0.25, 0.3) is 0 Å². The fraction of sp³-hybridized carbons (Fsp3) is 0.0769. The molecule has 0 aliphatic rings. The lowest BCUT2D eigenvalue weighted by Gasteiger charge is -2.05. The van der Waals surface area contributed by atoms with Gasteiger partial charge in [0.1, 0.15) is 16.8 Å². The van der Waals surface area contributed by atoms with E-state index in [1.807, 2.05) is 31.2 Å². The standard InChI is InChI=1S/C13H9IN2OS/c1-8-6-18-12-11(8)15-7-16-13(12)17-10-4-2-3-9(14)5-10/h2-7H,1H3. The number of benzene rings is 1. The summed E-state index contributed by atoms with van der Waals surface area (Å²) in [7, 11) is 0. The molecular formula is C13H9IN2OS. The van der Waals surface area contributed by atoms with Gasteiger partial charge < -0.3 is 4.74 Å². The molecule has 0 saturated carbocycles. The number of hydrogen-bond acceptors (Lipinski definition) is 4. The maximum atomic E-state index is 5.84. The second-order valence-electron chi connectivity index (χ2n) is 3.83. The summed E-state index contributed by atoms with van der Waals surface area (Å²) >= 11 is 3.87. The number of thiophene rings is 1. The Morgan fingerprint density at radius 3 is 3.00 bits per heavy atom. The molecule has 18 heavy (non-hydrogen) atoms. The van der Waals surface area contributed by atoms with E-state index in [-0.39, 0.29) is 0 Å². The van der Waals surface area contributed by atoms with Gasteiger partial charge in [-0.05, 0) is 58.7 Å². The van der Waals surface area contributed by atoms with Gasteiger partial charge in [-0.25, -0.2) is 9.97 Å². The monoisotopic (exact) mass is 368 g/mol. The molecule has 0 saturated heterocycles. The minimum absolute atomic E-state index is 0.625. The van der Waals surface area contributed by atoms with E-state index in [4.69, 9.17) is 4.74 Å². The van der Waals surface area contributed by atoms with Crippen LogP contribution in [-0.2, 0) is 0 Å². The van der Waals surface area contributed by atoms with Crippen LogP contribution in [0.3, 0.4) is 0 Å². The predicted molar refractivity (Wildman–Crippen MR) is 81.4 cm³/mol. The first-order valence-electron chi connectivity index (χ1n) is 5.36. The molecule has 0 fully saturated rings. The van der Waals surface area contributed by atoms with Crippen LogP contribution in [0.5, 0.6) is 11.6 Å². The normalized spacial score (nSPS) is 10.8. The molecule has 3 aromatic rings. The second-order valence-corrected chi connectivity index (χ2v) is 5.96. The van der Waals surface area contributed by atoms with Gasteiger partial charge in [0.2, 0.25) is 5.88 Å². The summed E-state index contributed by atoms with van der Waals surface area (Å²) in [6, 6.07) is 7.90. The highest BCUT2D eigenvalue weighted by atomic mass is 127. The van der Waals surface area contributed by atoms with Crippen LogP contribution < -0.4 is 4.74 Å². The van der Waals surface area contributed by atoms with Crippen LogP contribution in [0.15, 0.2) is 36.0 Å². The molecule has 0 unspecified atom stereocenters. The summed E-state index contributed by atoms with van der Waals surface area (Å²) in [5.74, 6) is 1.42. The molecule has 0 aliphatic carbocycles. The third-order valence-corrected chi connectivity index (χ3v) is 4.25. The molecule has 2 aromatic heterocycles. The van der Waals surface area contributed by atoms with E-state index in [1.165, 1.54) is 0 Å². The van der Waals surface area contributed by atoms with Crippen LogP contribution >= 0.6 is 33.9 Å². The number of halogens is 1. The Balaban J connectivity index is 2.05. The maximum Gasteiger partial charge on any atom is 0.240 e. The van der Waals surface area contributed by atoms with Gasteiger partial charge in [-0.15, -0.1) is 11.3 Å². The summed E-state index contributed by atoms with van der Waals surface area (Å²) in [6.45, 7) is 2.04. The highest BCUT2D eigenvalue weighted by molar-refractivity contribution is 14.1. The summed E-state index contributed by atoms with van der Waals surface area (Å²) in [6.07, 6.45) is 1.55. The van der Waals surface area contributed by atoms with E-state index < -0.39 is 0 Å². The average molecular weight is 368 g/mol. The van der Waals surface area contributed by atoms with Crippen molar-refractivity contribution in [2.24, 2.45) is 0 Å². The van der Waals surface area contributed by atoms with Crippen molar-refractivity contribution in [1.29, 1.82) is 0 Å². The van der Waals surface area contributed by atoms with Gasteiger partial charge in [0, 0.05) is 3.57 Å². The van der Waals surface area contributed by atoms with Gasteiger partial charge in [-0.2, -0.15) is 0 Å². The zero-order valence-electron chi connectivity index (χ0n) is 9.55. The lowest BCUT2D eigenvalue weighted by molar-refractivity contribution is 0.468. The molecule has 1 aromatic carbocycles. The van der Waals surface area contributed by atoms with E-state index >= 15 is 0 Å². The second kappa shape index (κ2) is 4.81. The zero-order chi connectivity index (χ0) is 12.5. The Labute approximate surface area is 122 Å². The molecule has 3 nitrogen and oxygen atoms in total. The highest BCUT2D eigenvalue weighted by Gasteiger charge is 2.10. The molecule has 0 N–H and O–H groups in total. The first kappa shape index (κ1) is 11.9. The first-order chi connectivity index (χ1) is 8.74. The van der Waals surface area contributed by atoms with Gasteiger partial charge in [0.15, 0.2) is 0 Å². The van der Waals surface area contributed by atoms with Crippen LogP contribution in [0, 0.1) is 10.5 Å². The van der Waals surface area contributed by atoms with Crippen molar-refractivity contribution in [2.45, 2.75) is 6.92 Å². The van der Waals surface area contributed by atoms with Crippen molar-refractivity contribution in [1.82, 2.24) is 9.97 Å². The highest BCUT2D eigenvalue weighted by Crippen LogP contribution is 2.32. The van der Waals surface area contributed by atoms with Crippen LogP contribution in [0.25, 0.3) is 10.2 Å². The number of ether oxygens (including phenoxy) is 1. The van der Waals surface area contributed by atoms with Crippen LogP contribution in [0.2, 0.25) is 0 Å². The summed E-state index contributed by atoms with van der Waals surface area (Å²) in [4.78, 5) is 8.50. The molecule has 2 heterocycles. The van der Waals surface area contributed by atoms with Crippen molar-refractivity contribution in [3.8, 4) is 11.6 Å². The fourth-order valence-electron chi connectivity index (χ4n) is 1.66. The van der Waals surface area contributed by atoms with Gasteiger partial charge in [0.05, 0.1) is 5.52 Å². The van der Waals surface area contributed by atoms with Gasteiger partial charge in [-0.3, -0.25) is 0 Å². The Kier molecular flexibility index (Phi) is 3.17. The van der Waals surface area contributed by atoms with Crippen molar-refractivity contribution < 1.29 is 4.74 Å². The largest absolute Gasteiger partial charge is 0.437 e. The molecule has 0 amide bonds. The molecule has 90 valence electrons. The minimum atomic E-state index is 0.625. The average Bonchev–Trinajstić information content (AvgIpc) is 2.73. The number of rotatable bonds is 2. The SMILES string of the molecule is Cc1csc2c(Oc3cccc(I)c3)ncnc12. The van der Waals surface area contributed by atoms with Gasteiger partial charge >= 0.3 is 0 Å². The Hall–Kier alpha value is -1.21. The summed E-state index contributed by atoms with van der Waals surface area (Å²) < 4.78 is 7.97. The summed E-state index contributed by atoms with van der Waals surface area (Å²) in [5, 5.41) is 2.07. The Morgan fingerprint density at radius 1 is 1.28 bits per heavy atom. The van der Waals surface area contributed by atoms with Crippen molar-refractivity contribution in [2.75, 3.05) is 0 Å². The van der Waals surface area contributed by atoms with E-state index in [2.05, 4.69) is 37.9 Å². The fourth-order valence-corrected chi connectivity index (χ4v) is 3.10. The van der Waals surface area contributed by atoms with Crippen molar-refractivity contribution >= 4 is 44.1 Å². The minimum Gasteiger partial charge on any atom is -0.437 e. The van der Waals surface area contributed by atoms with E-state index in [1.54, 1.807) is 17.7 Å². The van der Waals surface area contributed by atoms with E-state index in [0.717, 1.165) is 25.1 Å². The zero-order valence-corrected chi connectivity index (χ0v) is 12.5. The van der Waals surface area contributed by atoms with Crippen LogP contribution in [-0.4, -0.2) is 9.97 Å². The van der Waals surface area contributed by atoms with Crippen molar-refractivity contribution in [3.05, 3.63) is 45.1 Å². The lowest BCUT2D eigenvalue weighted by Crippen LogP contribution is -1.89. The van der Waals surface area contributed by atoms with Crippen LogP contribution in [0.4, 0.5) is 0 Å². The molecule has 0 atom stereocenters. The third-order valence-electron chi connectivity index (χ3n) is 2.51. The molecule has 0 bridgehead atoms. The number of fused-ring (bicyclic) bond motifs is 1. The van der Waals surface area contributed by atoms with Gasteiger partial charge in [-0.1, -0.05) is 6.07 Å². The quantitative estimate of drug-likeness (QED) is 0.629. The molecule has 0 spiro atoms. The molecule has 0 aliphatic heterocycles. The van der Waals surface area contributed by atoms with Crippen molar-refractivity contribution in [3.63, 3.8) is 0 Å². The molecule has 0 radical (unpaired) electrons. The van der Waals surface area contributed by atoms with E-state index in [9.17, 15) is 0 Å².